The highest BCUT2D eigenvalue weighted by molar-refractivity contribution is 7.20. The second kappa shape index (κ2) is 5.88. The van der Waals surface area contributed by atoms with Gasteiger partial charge < -0.3 is 5.32 Å². The third-order valence-electron chi connectivity index (χ3n) is 3.16. The smallest absolute Gasteiger partial charge is 0.261 e. The van der Waals surface area contributed by atoms with Gasteiger partial charge in [-0.05, 0) is 36.4 Å². The Morgan fingerprint density at radius 2 is 2.16 bits per heavy atom. The summed E-state index contributed by atoms with van der Waals surface area (Å²) in [6.07, 6.45) is 0. The lowest BCUT2D eigenvalue weighted by molar-refractivity contribution is 0.0935. The number of rotatable bonds is 4. The van der Waals surface area contributed by atoms with Crippen molar-refractivity contribution in [2.24, 2.45) is 5.92 Å². The predicted octanol–water partition coefficient (Wildman–Crippen LogP) is 4.03. The second-order valence-corrected chi connectivity index (χ2v) is 6.08. The van der Waals surface area contributed by atoms with Crippen LogP contribution in [0.2, 0.25) is 0 Å². The average Bonchev–Trinajstić information content (AvgIpc) is 2.80. The third kappa shape index (κ3) is 3.25. The van der Waals surface area contributed by atoms with Crippen molar-refractivity contribution in [3.63, 3.8) is 0 Å². The maximum absolute atomic E-state index is 13.1. The summed E-state index contributed by atoms with van der Waals surface area (Å²) in [5, 5.41) is 3.80. The summed E-state index contributed by atoms with van der Waals surface area (Å²) in [5.74, 6) is 0.285. The van der Waals surface area contributed by atoms with Crippen LogP contribution in [0, 0.1) is 11.7 Å². The van der Waals surface area contributed by atoms with Gasteiger partial charge in [-0.2, -0.15) is 0 Å². The summed E-state index contributed by atoms with van der Waals surface area (Å²) in [5.41, 5.74) is 0. The van der Waals surface area contributed by atoms with Crippen LogP contribution >= 0.6 is 22.9 Å². The second-order valence-electron chi connectivity index (χ2n) is 4.69. The molecule has 1 heterocycles. The van der Waals surface area contributed by atoms with Gasteiger partial charge in [0.1, 0.15) is 5.82 Å². The molecule has 1 amide bonds. The molecule has 1 aromatic heterocycles. The van der Waals surface area contributed by atoms with Crippen molar-refractivity contribution in [3.8, 4) is 0 Å². The van der Waals surface area contributed by atoms with E-state index in [1.54, 1.807) is 12.1 Å². The highest BCUT2D eigenvalue weighted by atomic mass is 35.5. The fraction of sp³-hybridized carbons (Fsp3) is 0.357. The molecule has 0 aliphatic carbocycles. The summed E-state index contributed by atoms with van der Waals surface area (Å²) < 4.78 is 13.9. The van der Waals surface area contributed by atoms with E-state index in [2.05, 4.69) is 5.32 Å². The normalized spacial score (nSPS) is 14.3. The molecule has 0 bridgehead atoms. The van der Waals surface area contributed by atoms with Crippen molar-refractivity contribution in [2.45, 2.75) is 19.9 Å². The zero-order chi connectivity index (χ0) is 14.0. The minimum atomic E-state index is -0.287. The number of alkyl halides is 1. The largest absolute Gasteiger partial charge is 0.349 e. The van der Waals surface area contributed by atoms with Gasteiger partial charge in [0, 0.05) is 16.6 Å². The first-order valence-corrected chi connectivity index (χ1v) is 7.42. The molecule has 0 saturated heterocycles. The molecule has 2 rings (SSSR count). The fourth-order valence-electron chi connectivity index (χ4n) is 1.67. The number of nitrogens with one attached hydrogen (secondary N) is 1. The number of hydrogen-bond acceptors (Lipinski definition) is 2. The Labute approximate surface area is 120 Å². The maximum Gasteiger partial charge on any atom is 0.261 e. The standard InChI is InChI=1S/C14H15ClFNOS/c1-8(7-15)9(2)17-14(18)13-5-10-3-4-11(16)6-12(10)19-13/h3-6,8-9H,7H2,1-2H3,(H,17,18). The Morgan fingerprint density at radius 1 is 1.42 bits per heavy atom. The molecular weight excluding hydrogens is 285 g/mol. The van der Waals surface area contributed by atoms with Crippen LogP contribution < -0.4 is 5.32 Å². The number of carbonyl (C=O) groups is 1. The predicted molar refractivity (Wildman–Crippen MR) is 78.6 cm³/mol. The molecule has 0 radical (unpaired) electrons. The SMILES string of the molecule is CC(CCl)C(C)NC(=O)c1cc2ccc(F)cc2s1. The first-order chi connectivity index (χ1) is 9.01. The van der Waals surface area contributed by atoms with E-state index < -0.39 is 0 Å². The highest BCUT2D eigenvalue weighted by Crippen LogP contribution is 2.26. The Balaban J connectivity index is 2.17. The van der Waals surface area contributed by atoms with Crippen LogP contribution in [0.1, 0.15) is 23.5 Å². The summed E-state index contributed by atoms with van der Waals surface area (Å²) in [7, 11) is 0. The molecule has 0 saturated carbocycles. The molecule has 2 unspecified atom stereocenters. The van der Waals surface area contributed by atoms with Crippen molar-refractivity contribution in [2.75, 3.05) is 5.88 Å². The van der Waals surface area contributed by atoms with Gasteiger partial charge in [0.05, 0.1) is 4.88 Å². The van der Waals surface area contributed by atoms with Gasteiger partial charge in [0.25, 0.3) is 5.91 Å². The molecule has 1 N–H and O–H groups in total. The number of hydrogen-bond donors (Lipinski definition) is 1. The van der Waals surface area contributed by atoms with Gasteiger partial charge in [0.15, 0.2) is 0 Å². The van der Waals surface area contributed by atoms with Crippen LogP contribution in [0.3, 0.4) is 0 Å². The quantitative estimate of drug-likeness (QED) is 0.848. The van der Waals surface area contributed by atoms with E-state index in [0.29, 0.717) is 10.8 Å². The molecule has 2 aromatic rings. The maximum atomic E-state index is 13.1. The first kappa shape index (κ1) is 14.3. The minimum absolute atomic E-state index is 0.00643. The van der Waals surface area contributed by atoms with E-state index in [1.807, 2.05) is 13.8 Å². The van der Waals surface area contributed by atoms with E-state index in [-0.39, 0.29) is 23.7 Å². The van der Waals surface area contributed by atoms with Gasteiger partial charge in [-0.15, -0.1) is 22.9 Å². The molecule has 0 aliphatic rings. The summed E-state index contributed by atoms with van der Waals surface area (Å²) in [6, 6.07) is 6.32. The van der Waals surface area contributed by atoms with E-state index in [4.69, 9.17) is 11.6 Å². The van der Waals surface area contributed by atoms with Crippen molar-refractivity contribution in [1.29, 1.82) is 0 Å². The van der Waals surface area contributed by atoms with E-state index in [0.717, 1.165) is 10.1 Å². The number of thiophene rings is 1. The number of carbonyl (C=O) groups excluding carboxylic acids is 1. The van der Waals surface area contributed by atoms with Crippen LogP contribution in [0.15, 0.2) is 24.3 Å². The first-order valence-electron chi connectivity index (χ1n) is 6.07. The molecule has 2 nitrogen and oxygen atoms in total. The summed E-state index contributed by atoms with van der Waals surface area (Å²) >= 11 is 7.06. The topological polar surface area (TPSA) is 29.1 Å². The lowest BCUT2D eigenvalue weighted by Gasteiger charge is -2.18. The fourth-order valence-corrected chi connectivity index (χ4v) is 2.93. The minimum Gasteiger partial charge on any atom is -0.349 e. The Kier molecular flexibility index (Phi) is 4.42. The van der Waals surface area contributed by atoms with Gasteiger partial charge >= 0.3 is 0 Å². The van der Waals surface area contributed by atoms with Gasteiger partial charge in [-0.3, -0.25) is 4.79 Å². The molecule has 19 heavy (non-hydrogen) atoms. The monoisotopic (exact) mass is 299 g/mol. The molecule has 2 atom stereocenters. The Hall–Kier alpha value is -1.13. The van der Waals surface area contributed by atoms with Crippen LogP contribution in [-0.4, -0.2) is 17.8 Å². The van der Waals surface area contributed by atoms with E-state index in [9.17, 15) is 9.18 Å². The molecule has 0 spiro atoms. The molecule has 5 heteroatoms. The van der Waals surface area contributed by atoms with Gasteiger partial charge in [0.2, 0.25) is 0 Å². The summed E-state index contributed by atoms with van der Waals surface area (Å²) in [6.45, 7) is 3.91. The van der Waals surface area contributed by atoms with Crippen molar-refractivity contribution >= 4 is 38.9 Å². The van der Waals surface area contributed by atoms with Crippen molar-refractivity contribution < 1.29 is 9.18 Å². The average molecular weight is 300 g/mol. The van der Waals surface area contributed by atoms with Crippen molar-refractivity contribution in [1.82, 2.24) is 5.32 Å². The molecule has 102 valence electrons. The summed E-state index contributed by atoms with van der Waals surface area (Å²) in [4.78, 5) is 12.7. The lowest BCUT2D eigenvalue weighted by atomic mass is 10.1. The van der Waals surface area contributed by atoms with Gasteiger partial charge in [-0.25, -0.2) is 4.39 Å². The van der Waals surface area contributed by atoms with Crippen LogP contribution in [0.5, 0.6) is 0 Å². The Morgan fingerprint density at radius 3 is 2.84 bits per heavy atom. The molecule has 1 aromatic carbocycles. The molecule has 0 aliphatic heterocycles. The Bertz CT molecular complexity index is 598. The van der Waals surface area contributed by atoms with Crippen LogP contribution in [0.25, 0.3) is 10.1 Å². The van der Waals surface area contributed by atoms with Crippen LogP contribution in [-0.2, 0) is 0 Å². The molecular formula is C14H15ClFNOS. The highest BCUT2D eigenvalue weighted by Gasteiger charge is 2.16. The van der Waals surface area contributed by atoms with Gasteiger partial charge in [-0.1, -0.05) is 13.0 Å². The third-order valence-corrected chi connectivity index (χ3v) is 4.75. The number of fused-ring (bicyclic) bond motifs is 1. The number of halogens is 2. The zero-order valence-corrected chi connectivity index (χ0v) is 12.3. The molecule has 0 fully saturated rings. The van der Waals surface area contributed by atoms with E-state index >= 15 is 0 Å². The van der Waals surface area contributed by atoms with Crippen LogP contribution in [0.4, 0.5) is 4.39 Å². The lowest BCUT2D eigenvalue weighted by Crippen LogP contribution is -2.37. The van der Waals surface area contributed by atoms with Crippen molar-refractivity contribution in [3.05, 3.63) is 35.0 Å². The number of benzene rings is 1. The number of amides is 1. The van der Waals surface area contributed by atoms with E-state index in [1.165, 1.54) is 23.5 Å². The zero-order valence-electron chi connectivity index (χ0n) is 10.7.